The Kier molecular flexibility index (Phi) is 6.23. The molecule has 0 bridgehead atoms. The molecule has 2 amide bonds. The van der Waals surface area contributed by atoms with Gasteiger partial charge < -0.3 is 29.9 Å². The number of aromatic nitrogens is 3. The molecule has 2 aromatic heterocycles. The molecule has 5 rings (SSSR count). The Morgan fingerprint density at radius 1 is 1.11 bits per heavy atom. The van der Waals surface area contributed by atoms with Crippen molar-refractivity contribution in [2.75, 3.05) is 49.6 Å². The maximum absolute atomic E-state index is 12.8. The smallest absolute Gasteiger partial charge is 0.256 e. The first-order valence-corrected chi connectivity index (χ1v) is 11.7. The van der Waals surface area contributed by atoms with Gasteiger partial charge in [0.1, 0.15) is 23.4 Å². The molecule has 35 heavy (non-hydrogen) atoms. The zero-order valence-electron chi connectivity index (χ0n) is 19.4. The van der Waals surface area contributed by atoms with Crippen LogP contribution in [0.1, 0.15) is 12.8 Å². The third-order valence-corrected chi connectivity index (χ3v) is 6.67. The summed E-state index contributed by atoms with van der Waals surface area (Å²) < 4.78 is 5.45. The van der Waals surface area contributed by atoms with E-state index in [9.17, 15) is 14.7 Å². The van der Waals surface area contributed by atoms with Gasteiger partial charge in [0, 0.05) is 50.4 Å². The maximum Gasteiger partial charge on any atom is 0.256 e. The molecule has 4 heterocycles. The van der Waals surface area contributed by atoms with Crippen LogP contribution in [-0.4, -0.2) is 81.8 Å². The summed E-state index contributed by atoms with van der Waals surface area (Å²) >= 11 is 0. The highest BCUT2D eigenvalue weighted by Crippen LogP contribution is 2.30. The minimum atomic E-state index is -1.51. The van der Waals surface area contributed by atoms with E-state index in [1.54, 1.807) is 23.4 Å². The Balaban J connectivity index is 1.28. The van der Waals surface area contributed by atoms with Gasteiger partial charge in [-0.05, 0) is 29.8 Å². The number of carbonyl (C=O) groups excluding carboxylic acids is 2. The van der Waals surface area contributed by atoms with Crippen LogP contribution in [0.5, 0.6) is 0 Å². The largest absolute Gasteiger partial charge is 0.380 e. The van der Waals surface area contributed by atoms with Crippen LogP contribution in [0.15, 0.2) is 49.3 Å². The average Bonchev–Trinajstić information content (AvgIpc) is 3.34. The minimum absolute atomic E-state index is 0.179. The fraction of sp³-hybridized carbons (Fsp3) is 0.360. The number of rotatable bonds is 5. The normalized spacial score (nSPS) is 17.9. The fourth-order valence-corrected chi connectivity index (χ4v) is 4.54. The third kappa shape index (κ3) is 4.62. The quantitative estimate of drug-likeness (QED) is 0.481. The van der Waals surface area contributed by atoms with Crippen LogP contribution in [0.4, 0.5) is 11.5 Å². The molecule has 2 aliphatic heterocycles. The molecule has 10 heteroatoms. The molecule has 1 aromatic carbocycles. The van der Waals surface area contributed by atoms with Crippen molar-refractivity contribution in [3.8, 4) is 11.3 Å². The van der Waals surface area contributed by atoms with Gasteiger partial charge in [-0.15, -0.1) is 0 Å². The summed E-state index contributed by atoms with van der Waals surface area (Å²) in [4.78, 5) is 40.5. The van der Waals surface area contributed by atoms with Crippen LogP contribution < -0.4 is 10.2 Å². The summed E-state index contributed by atoms with van der Waals surface area (Å²) in [5, 5.41) is 14.6. The van der Waals surface area contributed by atoms with Gasteiger partial charge in [0.25, 0.3) is 5.91 Å². The van der Waals surface area contributed by atoms with Gasteiger partial charge in [-0.1, -0.05) is 18.7 Å². The lowest BCUT2D eigenvalue weighted by Gasteiger charge is -2.36. The number of likely N-dealkylation sites (tertiary alicyclic amines) is 1. The molecule has 0 spiro atoms. The van der Waals surface area contributed by atoms with Crippen LogP contribution in [0.3, 0.4) is 0 Å². The van der Waals surface area contributed by atoms with Crippen molar-refractivity contribution in [2.45, 2.75) is 18.4 Å². The monoisotopic (exact) mass is 476 g/mol. The van der Waals surface area contributed by atoms with E-state index in [-0.39, 0.29) is 18.7 Å². The predicted octanol–water partition coefficient (Wildman–Crippen LogP) is 1.94. The number of ether oxygens (including phenoxy) is 1. The van der Waals surface area contributed by atoms with E-state index in [0.717, 1.165) is 41.2 Å². The zero-order valence-corrected chi connectivity index (χ0v) is 19.4. The van der Waals surface area contributed by atoms with Crippen molar-refractivity contribution in [1.29, 1.82) is 0 Å². The average molecular weight is 477 g/mol. The number of fused-ring (bicyclic) bond motifs is 1. The van der Waals surface area contributed by atoms with E-state index in [1.807, 2.05) is 18.2 Å². The number of nitrogens with one attached hydrogen (secondary N) is 2. The van der Waals surface area contributed by atoms with Crippen molar-refractivity contribution in [3.63, 3.8) is 0 Å². The van der Waals surface area contributed by atoms with Gasteiger partial charge in [-0.25, -0.2) is 9.97 Å². The Labute approximate surface area is 202 Å². The standard InChI is InChI=1S/C25H28N6O4/c1-2-21(32)30-9-7-25(34,8-10-30)24(33)28-18-5-3-17(4-6-18)20-15-19-22(29-20)26-16-27-23(19)31-11-13-35-14-12-31/h2-6,15-16,34H,1,7-14H2,(H,28,33)(H,26,27,29). The van der Waals surface area contributed by atoms with Crippen LogP contribution >= 0.6 is 0 Å². The lowest BCUT2D eigenvalue weighted by atomic mass is 9.90. The van der Waals surface area contributed by atoms with Crippen molar-refractivity contribution in [2.24, 2.45) is 0 Å². The van der Waals surface area contributed by atoms with Gasteiger partial charge >= 0.3 is 0 Å². The number of hydrogen-bond acceptors (Lipinski definition) is 7. The number of aliphatic hydroxyl groups is 1. The lowest BCUT2D eigenvalue weighted by molar-refractivity contribution is -0.143. The predicted molar refractivity (Wildman–Crippen MR) is 132 cm³/mol. The number of H-pyrrole nitrogens is 1. The first-order valence-electron chi connectivity index (χ1n) is 11.7. The molecular formula is C25H28N6O4. The molecular weight excluding hydrogens is 448 g/mol. The number of morpholine rings is 1. The fourth-order valence-electron chi connectivity index (χ4n) is 4.54. The minimum Gasteiger partial charge on any atom is -0.380 e. The van der Waals surface area contributed by atoms with E-state index in [2.05, 4.69) is 31.7 Å². The van der Waals surface area contributed by atoms with E-state index < -0.39 is 11.5 Å². The van der Waals surface area contributed by atoms with Gasteiger partial charge in [0.2, 0.25) is 5.91 Å². The summed E-state index contributed by atoms with van der Waals surface area (Å²) in [5.41, 5.74) is 1.66. The summed E-state index contributed by atoms with van der Waals surface area (Å²) in [7, 11) is 0. The topological polar surface area (TPSA) is 124 Å². The SMILES string of the molecule is C=CC(=O)N1CCC(O)(C(=O)Nc2ccc(-c3cc4c(N5CCOCC5)ncnc4[nH]3)cc2)CC1. The van der Waals surface area contributed by atoms with E-state index in [4.69, 9.17) is 4.74 Å². The van der Waals surface area contributed by atoms with Crippen LogP contribution in [0.25, 0.3) is 22.3 Å². The van der Waals surface area contributed by atoms with Gasteiger partial charge in [-0.2, -0.15) is 0 Å². The van der Waals surface area contributed by atoms with Crippen LogP contribution in [0.2, 0.25) is 0 Å². The summed E-state index contributed by atoms with van der Waals surface area (Å²) in [6.45, 7) is 7.03. The first kappa shape index (κ1) is 23.0. The maximum atomic E-state index is 12.8. The molecule has 182 valence electrons. The molecule has 0 radical (unpaired) electrons. The Morgan fingerprint density at radius 3 is 2.51 bits per heavy atom. The second-order valence-electron chi connectivity index (χ2n) is 8.83. The molecule has 0 unspecified atom stereocenters. The first-order chi connectivity index (χ1) is 17.0. The van der Waals surface area contributed by atoms with E-state index >= 15 is 0 Å². The number of benzene rings is 1. The van der Waals surface area contributed by atoms with Gasteiger partial charge in [-0.3, -0.25) is 9.59 Å². The molecule has 0 aliphatic carbocycles. The van der Waals surface area contributed by atoms with Gasteiger partial charge in [0.15, 0.2) is 0 Å². The van der Waals surface area contributed by atoms with Crippen molar-refractivity contribution in [1.82, 2.24) is 19.9 Å². The Morgan fingerprint density at radius 2 is 1.83 bits per heavy atom. The molecule has 10 nitrogen and oxygen atoms in total. The summed E-state index contributed by atoms with van der Waals surface area (Å²) in [5.74, 6) is 0.230. The summed E-state index contributed by atoms with van der Waals surface area (Å²) in [6.07, 6.45) is 3.17. The molecule has 2 aliphatic rings. The highest BCUT2D eigenvalue weighted by molar-refractivity contribution is 5.98. The number of aromatic amines is 1. The number of anilines is 2. The molecule has 2 saturated heterocycles. The molecule has 2 fully saturated rings. The third-order valence-electron chi connectivity index (χ3n) is 6.67. The Bertz CT molecular complexity index is 1240. The van der Waals surface area contributed by atoms with Crippen molar-refractivity contribution in [3.05, 3.63) is 49.3 Å². The van der Waals surface area contributed by atoms with E-state index in [0.29, 0.717) is 32.0 Å². The molecule has 3 aromatic rings. The number of piperidine rings is 1. The molecule has 0 atom stereocenters. The van der Waals surface area contributed by atoms with Crippen molar-refractivity contribution >= 4 is 34.4 Å². The lowest BCUT2D eigenvalue weighted by Crippen LogP contribution is -2.52. The van der Waals surface area contributed by atoms with Crippen molar-refractivity contribution < 1.29 is 19.4 Å². The highest BCUT2D eigenvalue weighted by Gasteiger charge is 2.40. The zero-order chi connectivity index (χ0) is 24.4. The second-order valence-corrected chi connectivity index (χ2v) is 8.83. The molecule has 3 N–H and O–H groups in total. The highest BCUT2D eigenvalue weighted by atomic mass is 16.5. The number of nitrogens with zero attached hydrogens (tertiary/aromatic N) is 4. The van der Waals surface area contributed by atoms with E-state index in [1.165, 1.54) is 6.08 Å². The van der Waals surface area contributed by atoms with Crippen LogP contribution in [-0.2, 0) is 14.3 Å². The Hall–Kier alpha value is -3.76. The summed E-state index contributed by atoms with van der Waals surface area (Å²) in [6, 6.07) is 9.43. The number of carbonyl (C=O) groups is 2. The van der Waals surface area contributed by atoms with Crippen LogP contribution in [0, 0.1) is 0 Å². The second kappa shape index (κ2) is 9.47. The van der Waals surface area contributed by atoms with Gasteiger partial charge in [0.05, 0.1) is 18.6 Å². The molecule has 0 saturated carbocycles. The number of hydrogen-bond donors (Lipinski definition) is 3. The number of amides is 2.